The molecule has 1 unspecified atom stereocenters. The molecule has 1 heterocycles. The maximum Gasteiger partial charge on any atom is 0.115 e. The molecule has 0 radical (unpaired) electrons. The van der Waals surface area contributed by atoms with E-state index in [9.17, 15) is 10.4 Å². The molecule has 19 heavy (non-hydrogen) atoms. The predicted molar refractivity (Wildman–Crippen MR) is 71.1 cm³/mol. The molecule has 2 aromatic rings. The number of aromatic nitrogens is 1. The monoisotopic (exact) mass is 250 g/mol. The number of aliphatic hydroxyl groups excluding tert-OH is 1. The van der Waals surface area contributed by atoms with Gasteiger partial charge < -0.3 is 5.11 Å². The fourth-order valence-electron chi connectivity index (χ4n) is 2.80. The van der Waals surface area contributed by atoms with E-state index in [1.807, 2.05) is 30.3 Å². The molecule has 3 rings (SSSR count). The Labute approximate surface area is 112 Å². The molecule has 0 saturated carbocycles. The summed E-state index contributed by atoms with van der Waals surface area (Å²) in [5, 5.41) is 20.1. The Morgan fingerprint density at radius 2 is 1.74 bits per heavy atom. The summed E-state index contributed by atoms with van der Waals surface area (Å²) in [5.74, 6) is 0. The molecule has 1 N–H and O–H groups in total. The highest BCUT2D eigenvalue weighted by molar-refractivity contribution is 5.38. The van der Waals surface area contributed by atoms with E-state index in [-0.39, 0.29) is 0 Å². The van der Waals surface area contributed by atoms with Crippen molar-refractivity contribution in [1.82, 2.24) is 4.98 Å². The molecule has 0 spiro atoms. The summed E-state index contributed by atoms with van der Waals surface area (Å²) in [5.41, 5.74) is 2.08. The lowest BCUT2D eigenvalue weighted by Crippen LogP contribution is -2.28. The van der Waals surface area contributed by atoms with E-state index in [2.05, 4.69) is 11.1 Å². The third-order valence-corrected chi connectivity index (χ3v) is 3.84. The van der Waals surface area contributed by atoms with E-state index < -0.39 is 11.5 Å². The molecule has 1 aromatic heterocycles. The molecule has 0 bridgehead atoms. The number of nitriles is 1. The van der Waals surface area contributed by atoms with Gasteiger partial charge in [-0.05, 0) is 36.1 Å². The molecule has 0 fully saturated rings. The molecule has 1 aliphatic carbocycles. The molecule has 1 aromatic carbocycles. The van der Waals surface area contributed by atoms with Crippen LogP contribution in [0, 0.1) is 16.7 Å². The Kier molecular flexibility index (Phi) is 2.81. The predicted octanol–water partition coefficient (Wildman–Crippen LogP) is 2.42. The van der Waals surface area contributed by atoms with Crippen molar-refractivity contribution in [2.45, 2.75) is 18.9 Å². The van der Waals surface area contributed by atoms with E-state index in [1.165, 1.54) is 0 Å². The number of nitrogens with zero attached hydrogens (tertiary/aromatic N) is 2. The quantitative estimate of drug-likeness (QED) is 0.890. The van der Waals surface area contributed by atoms with Gasteiger partial charge in [0.05, 0.1) is 17.2 Å². The van der Waals surface area contributed by atoms with Gasteiger partial charge in [-0.25, -0.2) is 0 Å². The van der Waals surface area contributed by atoms with Gasteiger partial charge in [0.15, 0.2) is 0 Å². The lowest BCUT2D eigenvalue weighted by molar-refractivity contribution is 0.0655. The summed E-state index contributed by atoms with van der Waals surface area (Å²) < 4.78 is 0. The summed E-state index contributed by atoms with van der Waals surface area (Å²) >= 11 is 0. The van der Waals surface area contributed by atoms with Crippen LogP contribution in [0.2, 0.25) is 0 Å². The van der Waals surface area contributed by atoms with Crippen LogP contribution < -0.4 is 0 Å². The van der Waals surface area contributed by atoms with Crippen LogP contribution >= 0.6 is 0 Å². The number of rotatable bonds is 2. The fraction of sp³-hybridized carbons (Fsp3) is 0.250. The lowest BCUT2D eigenvalue weighted by Gasteiger charge is -2.26. The maximum absolute atomic E-state index is 10.6. The van der Waals surface area contributed by atoms with Gasteiger partial charge in [0.2, 0.25) is 0 Å². The highest BCUT2D eigenvalue weighted by atomic mass is 16.3. The number of benzene rings is 1. The third-order valence-electron chi connectivity index (χ3n) is 3.84. The van der Waals surface area contributed by atoms with Crippen LogP contribution in [-0.4, -0.2) is 10.1 Å². The van der Waals surface area contributed by atoms with Gasteiger partial charge in [-0.3, -0.25) is 4.98 Å². The van der Waals surface area contributed by atoms with Crippen molar-refractivity contribution in [3.05, 3.63) is 65.5 Å². The molecule has 0 amide bonds. The normalized spacial score (nSPS) is 17.5. The van der Waals surface area contributed by atoms with E-state index in [0.717, 1.165) is 11.1 Å². The molecular weight excluding hydrogens is 236 g/mol. The van der Waals surface area contributed by atoms with Crippen LogP contribution in [0.1, 0.15) is 22.9 Å². The number of hydrogen-bond acceptors (Lipinski definition) is 3. The first kappa shape index (κ1) is 11.9. The fourth-order valence-corrected chi connectivity index (χ4v) is 2.80. The molecule has 3 nitrogen and oxygen atoms in total. The second kappa shape index (κ2) is 4.49. The Bertz CT molecular complexity index is 606. The first-order valence-electron chi connectivity index (χ1n) is 6.32. The SMILES string of the molecule is N#CC1(C(O)c2ccccn2)Cc2ccccc2C1. The van der Waals surface area contributed by atoms with E-state index in [4.69, 9.17) is 0 Å². The second-order valence-electron chi connectivity index (χ2n) is 5.05. The van der Waals surface area contributed by atoms with Crippen LogP contribution in [-0.2, 0) is 12.8 Å². The van der Waals surface area contributed by atoms with Gasteiger partial charge in [0.25, 0.3) is 0 Å². The number of pyridine rings is 1. The Morgan fingerprint density at radius 3 is 2.26 bits per heavy atom. The zero-order chi connectivity index (χ0) is 13.3. The number of aliphatic hydroxyl groups is 1. The van der Waals surface area contributed by atoms with E-state index in [1.54, 1.807) is 18.3 Å². The zero-order valence-corrected chi connectivity index (χ0v) is 10.5. The molecule has 1 atom stereocenters. The van der Waals surface area contributed by atoms with E-state index >= 15 is 0 Å². The van der Waals surface area contributed by atoms with Crippen LogP contribution in [0.5, 0.6) is 0 Å². The average Bonchev–Trinajstić information content (AvgIpc) is 2.87. The highest BCUT2D eigenvalue weighted by Gasteiger charge is 2.44. The standard InChI is InChI=1S/C16H14N2O/c17-11-16(15(19)14-7-3-4-8-18-14)9-12-5-1-2-6-13(12)10-16/h1-8,15,19H,9-10H2. The van der Waals surface area contributed by atoms with Crippen molar-refractivity contribution in [3.63, 3.8) is 0 Å². The van der Waals surface area contributed by atoms with Crippen molar-refractivity contribution in [2.24, 2.45) is 5.41 Å². The van der Waals surface area contributed by atoms with Gasteiger partial charge in [-0.2, -0.15) is 5.26 Å². The summed E-state index contributed by atoms with van der Waals surface area (Å²) in [4.78, 5) is 4.18. The Balaban J connectivity index is 1.98. The smallest absolute Gasteiger partial charge is 0.115 e. The second-order valence-corrected chi connectivity index (χ2v) is 5.05. The van der Waals surface area contributed by atoms with Crippen molar-refractivity contribution < 1.29 is 5.11 Å². The minimum absolute atomic E-state index is 0.567. The zero-order valence-electron chi connectivity index (χ0n) is 10.5. The number of fused-ring (bicyclic) bond motifs is 1. The van der Waals surface area contributed by atoms with Gasteiger partial charge in [0.1, 0.15) is 6.10 Å². The summed E-state index contributed by atoms with van der Waals surface area (Å²) in [7, 11) is 0. The molecule has 3 heteroatoms. The number of hydrogen-bond donors (Lipinski definition) is 1. The minimum atomic E-state index is -0.855. The average molecular weight is 250 g/mol. The van der Waals surface area contributed by atoms with E-state index in [0.29, 0.717) is 18.5 Å². The van der Waals surface area contributed by atoms with Gasteiger partial charge in [-0.1, -0.05) is 30.3 Å². The summed E-state index contributed by atoms with van der Waals surface area (Å²) in [6, 6.07) is 15.7. The molecular formula is C16H14N2O. The minimum Gasteiger partial charge on any atom is -0.385 e. The molecule has 1 aliphatic rings. The Hall–Kier alpha value is -2.18. The third kappa shape index (κ3) is 1.91. The van der Waals surface area contributed by atoms with Gasteiger partial charge in [-0.15, -0.1) is 0 Å². The summed E-state index contributed by atoms with van der Waals surface area (Å²) in [6.45, 7) is 0. The topological polar surface area (TPSA) is 56.9 Å². The van der Waals surface area contributed by atoms with Crippen LogP contribution in [0.3, 0.4) is 0 Å². The van der Waals surface area contributed by atoms with Crippen molar-refractivity contribution in [1.29, 1.82) is 5.26 Å². The van der Waals surface area contributed by atoms with Gasteiger partial charge >= 0.3 is 0 Å². The van der Waals surface area contributed by atoms with Crippen LogP contribution in [0.15, 0.2) is 48.7 Å². The first-order valence-corrected chi connectivity index (χ1v) is 6.32. The first-order chi connectivity index (χ1) is 9.25. The molecule has 0 aliphatic heterocycles. The lowest BCUT2D eigenvalue weighted by atomic mass is 9.79. The maximum atomic E-state index is 10.6. The largest absolute Gasteiger partial charge is 0.385 e. The van der Waals surface area contributed by atoms with Crippen molar-refractivity contribution >= 4 is 0 Å². The van der Waals surface area contributed by atoms with Crippen molar-refractivity contribution in [2.75, 3.05) is 0 Å². The van der Waals surface area contributed by atoms with Crippen molar-refractivity contribution in [3.8, 4) is 6.07 Å². The molecule has 0 saturated heterocycles. The summed E-state index contributed by atoms with van der Waals surface area (Å²) in [6.07, 6.45) is 1.95. The highest BCUT2D eigenvalue weighted by Crippen LogP contribution is 2.44. The van der Waals surface area contributed by atoms with Gasteiger partial charge in [0, 0.05) is 6.20 Å². The van der Waals surface area contributed by atoms with Crippen LogP contribution in [0.4, 0.5) is 0 Å². The molecule has 94 valence electrons. The Morgan fingerprint density at radius 1 is 1.11 bits per heavy atom. The van der Waals surface area contributed by atoms with Crippen LogP contribution in [0.25, 0.3) is 0 Å².